The molecule has 1 fully saturated rings. The Balaban J connectivity index is 1.33. The number of hydrogen-bond acceptors (Lipinski definition) is 6. The van der Waals surface area contributed by atoms with E-state index in [1.807, 2.05) is 19.1 Å². The van der Waals surface area contributed by atoms with E-state index in [1.165, 1.54) is 28.4 Å². The molecule has 0 aliphatic carbocycles. The number of rotatable bonds is 5. The third-order valence-corrected chi connectivity index (χ3v) is 10.4. The largest absolute Gasteiger partial charge is 0.298 e. The number of hydrogen-bond donors (Lipinski definition) is 1. The Morgan fingerprint density at radius 3 is 2.73 bits per heavy atom. The van der Waals surface area contributed by atoms with Crippen molar-refractivity contribution in [3.63, 3.8) is 0 Å². The maximum atomic E-state index is 13.2. The van der Waals surface area contributed by atoms with Gasteiger partial charge in [0.2, 0.25) is 10.0 Å². The van der Waals surface area contributed by atoms with E-state index in [9.17, 15) is 13.2 Å². The molecule has 2 aliphatic rings. The molecule has 1 aromatic heterocycles. The summed E-state index contributed by atoms with van der Waals surface area (Å²) in [5, 5.41) is 3.44. The first kappa shape index (κ1) is 22.6. The molecule has 0 bridgehead atoms. The number of thioether (sulfide) groups is 1. The minimum atomic E-state index is -3.57. The number of amides is 1. The Hall–Kier alpha value is -2.20. The van der Waals surface area contributed by atoms with Crippen LogP contribution < -0.4 is 5.32 Å². The van der Waals surface area contributed by atoms with Crippen LogP contribution in [0, 0.1) is 0 Å². The minimum Gasteiger partial charge on any atom is -0.298 e. The quantitative estimate of drug-likeness (QED) is 0.493. The lowest BCUT2D eigenvalue weighted by molar-refractivity contribution is 0.102. The van der Waals surface area contributed by atoms with Crippen LogP contribution in [0.25, 0.3) is 11.3 Å². The highest BCUT2D eigenvalue weighted by Crippen LogP contribution is 2.44. The zero-order valence-electron chi connectivity index (χ0n) is 18.3. The highest BCUT2D eigenvalue weighted by molar-refractivity contribution is 7.98. The maximum Gasteiger partial charge on any atom is 0.257 e. The Bertz CT molecular complexity index is 1290. The van der Waals surface area contributed by atoms with Gasteiger partial charge in [0.05, 0.1) is 10.6 Å². The van der Waals surface area contributed by atoms with Gasteiger partial charge in [-0.15, -0.1) is 23.1 Å². The van der Waals surface area contributed by atoms with Gasteiger partial charge >= 0.3 is 0 Å². The summed E-state index contributed by atoms with van der Waals surface area (Å²) >= 11 is 3.26. The summed E-state index contributed by atoms with van der Waals surface area (Å²) in [6.07, 6.45) is 3.66. The van der Waals surface area contributed by atoms with Crippen molar-refractivity contribution in [3.8, 4) is 11.3 Å². The zero-order chi connectivity index (χ0) is 23.0. The zero-order valence-corrected chi connectivity index (χ0v) is 20.7. The van der Waals surface area contributed by atoms with Gasteiger partial charge in [-0.25, -0.2) is 13.4 Å². The van der Waals surface area contributed by atoms with Gasteiger partial charge in [-0.3, -0.25) is 10.1 Å². The van der Waals surface area contributed by atoms with Gasteiger partial charge in [0.25, 0.3) is 5.91 Å². The molecule has 1 saturated heterocycles. The van der Waals surface area contributed by atoms with E-state index in [0.717, 1.165) is 47.6 Å². The summed E-state index contributed by atoms with van der Waals surface area (Å²) < 4.78 is 27.9. The third kappa shape index (κ3) is 4.35. The molecule has 9 heteroatoms. The number of piperidine rings is 1. The number of benzene rings is 2. The summed E-state index contributed by atoms with van der Waals surface area (Å²) in [6, 6.07) is 14.4. The van der Waals surface area contributed by atoms with Crippen LogP contribution in [-0.4, -0.2) is 36.2 Å². The molecule has 1 atom stereocenters. The van der Waals surface area contributed by atoms with Crippen molar-refractivity contribution in [2.75, 3.05) is 11.9 Å². The van der Waals surface area contributed by atoms with Crippen LogP contribution in [0.3, 0.4) is 0 Å². The predicted octanol–water partition coefficient (Wildman–Crippen LogP) is 5.62. The molecule has 0 spiro atoms. The van der Waals surface area contributed by atoms with E-state index in [1.54, 1.807) is 28.2 Å². The fourth-order valence-corrected chi connectivity index (χ4v) is 8.29. The van der Waals surface area contributed by atoms with Crippen molar-refractivity contribution in [1.82, 2.24) is 9.29 Å². The van der Waals surface area contributed by atoms with Crippen molar-refractivity contribution in [3.05, 3.63) is 59.0 Å². The average molecular weight is 500 g/mol. The minimum absolute atomic E-state index is 0.0472. The van der Waals surface area contributed by atoms with Gasteiger partial charge < -0.3 is 0 Å². The Kier molecular flexibility index (Phi) is 6.30. The lowest BCUT2D eigenvalue weighted by atomic mass is 10.0. The Labute approximate surface area is 202 Å². The van der Waals surface area contributed by atoms with Gasteiger partial charge in [0, 0.05) is 39.2 Å². The van der Waals surface area contributed by atoms with E-state index in [2.05, 4.69) is 22.4 Å². The van der Waals surface area contributed by atoms with Crippen LogP contribution in [0.5, 0.6) is 0 Å². The number of sulfonamides is 1. The molecule has 0 radical (unpaired) electrons. The lowest BCUT2D eigenvalue weighted by Gasteiger charge is -2.34. The molecule has 33 heavy (non-hydrogen) atoms. The molecule has 3 heterocycles. The topological polar surface area (TPSA) is 79.4 Å². The van der Waals surface area contributed by atoms with Gasteiger partial charge in [-0.1, -0.05) is 31.5 Å². The van der Waals surface area contributed by atoms with Crippen molar-refractivity contribution in [1.29, 1.82) is 0 Å². The first-order valence-electron chi connectivity index (χ1n) is 11.1. The molecule has 1 amide bonds. The SMILES string of the molecule is CCC1CCCCN1S(=O)(=O)c1ccc(C(=O)Nc2nc3c(s2)CSc2ccccc2-3)cc1. The summed E-state index contributed by atoms with van der Waals surface area (Å²) in [4.78, 5) is 20.1. The maximum absolute atomic E-state index is 13.2. The predicted molar refractivity (Wildman–Crippen MR) is 133 cm³/mol. The second kappa shape index (κ2) is 9.21. The molecule has 172 valence electrons. The van der Waals surface area contributed by atoms with E-state index >= 15 is 0 Å². The van der Waals surface area contributed by atoms with Gasteiger partial charge in [-0.2, -0.15) is 4.31 Å². The molecule has 2 aromatic carbocycles. The van der Waals surface area contributed by atoms with E-state index in [-0.39, 0.29) is 16.8 Å². The Morgan fingerprint density at radius 1 is 1.15 bits per heavy atom. The summed E-state index contributed by atoms with van der Waals surface area (Å²) in [5.74, 6) is 0.539. The average Bonchev–Trinajstić information content (AvgIpc) is 3.27. The third-order valence-electron chi connectivity index (χ3n) is 6.19. The molecule has 1 N–H and O–H groups in total. The molecule has 6 nitrogen and oxygen atoms in total. The smallest absolute Gasteiger partial charge is 0.257 e. The molecular weight excluding hydrogens is 474 g/mol. The molecule has 1 unspecified atom stereocenters. The number of nitrogens with zero attached hydrogens (tertiary/aromatic N) is 2. The van der Waals surface area contributed by atoms with Gasteiger partial charge in [-0.05, 0) is 49.6 Å². The molecule has 0 saturated carbocycles. The molecule has 3 aromatic rings. The monoisotopic (exact) mass is 499 g/mol. The first-order valence-corrected chi connectivity index (χ1v) is 14.4. The van der Waals surface area contributed by atoms with Crippen LogP contribution >= 0.6 is 23.1 Å². The second-order valence-electron chi connectivity index (χ2n) is 8.23. The van der Waals surface area contributed by atoms with Crippen LogP contribution in [0.2, 0.25) is 0 Å². The van der Waals surface area contributed by atoms with Gasteiger partial charge in [0.1, 0.15) is 0 Å². The van der Waals surface area contributed by atoms with Crippen molar-refractivity contribution >= 4 is 44.2 Å². The van der Waals surface area contributed by atoms with Crippen molar-refractivity contribution < 1.29 is 13.2 Å². The fraction of sp³-hybridized carbons (Fsp3) is 0.333. The Morgan fingerprint density at radius 2 is 1.94 bits per heavy atom. The number of nitrogens with one attached hydrogen (secondary N) is 1. The first-order chi connectivity index (χ1) is 16.0. The molecule has 5 rings (SSSR count). The van der Waals surface area contributed by atoms with Crippen LogP contribution in [-0.2, 0) is 15.8 Å². The number of fused-ring (bicyclic) bond motifs is 3. The summed E-state index contributed by atoms with van der Waals surface area (Å²) in [5.41, 5.74) is 2.43. The fourth-order valence-electron chi connectivity index (χ4n) is 4.43. The standard InChI is InChI=1S/C24H25N3O3S3/c1-2-17-7-5-6-14-27(17)33(29,30)18-12-10-16(11-13-18)23(28)26-24-25-22-19-8-3-4-9-20(19)31-15-21(22)32-24/h3-4,8-13,17H,2,5-7,14-15H2,1H3,(H,25,26,28). The number of carbonyl (C=O) groups is 1. The van der Waals surface area contributed by atoms with Crippen LogP contribution in [0.4, 0.5) is 5.13 Å². The summed E-state index contributed by atoms with van der Waals surface area (Å²) in [7, 11) is -3.57. The van der Waals surface area contributed by atoms with Crippen LogP contribution in [0.1, 0.15) is 47.8 Å². The molecule has 2 aliphatic heterocycles. The highest BCUT2D eigenvalue weighted by atomic mass is 32.2. The van der Waals surface area contributed by atoms with Gasteiger partial charge in [0.15, 0.2) is 5.13 Å². The number of carbonyl (C=O) groups excluding carboxylic acids is 1. The number of thiazole rings is 1. The van der Waals surface area contributed by atoms with Crippen molar-refractivity contribution in [2.45, 2.75) is 54.2 Å². The van der Waals surface area contributed by atoms with E-state index in [0.29, 0.717) is 17.2 Å². The summed E-state index contributed by atoms with van der Waals surface area (Å²) in [6.45, 7) is 2.58. The second-order valence-corrected chi connectivity index (χ2v) is 12.2. The van der Waals surface area contributed by atoms with E-state index in [4.69, 9.17) is 0 Å². The highest BCUT2D eigenvalue weighted by Gasteiger charge is 2.32. The number of aromatic nitrogens is 1. The number of anilines is 1. The van der Waals surface area contributed by atoms with Crippen molar-refractivity contribution in [2.24, 2.45) is 0 Å². The normalized spacial score (nSPS) is 18.4. The van der Waals surface area contributed by atoms with Crippen LogP contribution in [0.15, 0.2) is 58.3 Å². The molecular formula is C24H25N3O3S3. The lowest BCUT2D eigenvalue weighted by Crippen LogP contribution is -2.43. The van der Waals surface area contributed by atoms with E-state index < -0.39 is 10.0 Å².